The summed E-state index contributed by atoms with van der Waals surface area (Å²) >= 11 is 5.27. The van der Waals surface area contributed by atoms with Crippen LogP contribution in [0.5, 0.6) is 0 Å². The second kappa shape index (κ2) is 8.22. The summed E-state index contributed by atoms with van der Waals surface area (Å²) < 4.78 is 4.74. The highest BCUT2D eigenvalue weighted by atomic mass is 32.2. The number of nitrogens with zero attached hydrogens (tertiary/aromatic N) is 1. The second-order valence-corrected chi connectivity index (χ2v) is 8.22. The summed E-state index contributed by atoms with van der Waals surface area (Å²) in [6, 6.07) is 11.2. The number of nitrogens with one attached hydrogen (secondary N) is 1. The van der Waals surface area contributed by atoms with Gasteiger partial charge in [0.1, 0.15) is 5.03 Å². The van der Waals surface area contributed by atoms with Crippen molar-refractivity contribution in [3.8, 4) is 0 Å². The van der Waals surface area contributed by atoms with Crippen molar-refractivity contribution in [1.82, 2.24) is 9.71 Å². The monoisotopic (exact) mass is 336 g/mol. The molecular formula is C16H20N2S3. The van der Waals surface area contributed by atoms with Gasteiger partial charge in [0.25, 0.3) is 0 Å². The van der Waals surface area contributed by atoms with E-state index in [4.69, 9.17) is 4.98 Å². The molecule has 5 heteroatoms. The summed E-state index contributed by atoms with van der Waals surface area (Å²) in [5, 5.41) is 3.27. The van der Waals surface area contributed by atoms with Gasteiger partial charge < -0.3 is 0 Å². The molecule has 0 spiro atoms. The van der Waals surface area contributed by atoms with E-state index in [0.717, 1.165) is 15.1 Å². The van der Waals surface area contributed by atoms with Gasteiger partial charge in [-0.25, -0.2) is 4.98 Å². The Hall–Kier alpha value is -0.490. The molecule has 0 amide bonds. The van der Waals surface area contributed by atoms with Gasteiger partial charge in [0, 0.05) is 17.2 Å². The average Bonchev–Trinajstić information content (AvgIpc) is 3.01. The van der Waals surface area contributed by atoms with E-state index in [2.05, 4.69) is 40.4 Å². The van der Waals surface area contributed by atoms with Crippen molar-refractivity contribution < 1.29 is 0 Å². The van der Waals surface area contributed by atoms with Crippen LogP contribution in [0, 0.1) is 0 Å². The standard InChI is InChI=1S/C16H20N2S3/c1-3-7-13(8-4-1)11-19-16-17-15(12-20-16)21-18-14-9-5-2-6-10-14/h1,3-4,7-8,12,14,18H,2,5-6,9-11H2. The van der Waals surface area contributed by atoms with Crippen LogP contribution >= 0.6 is 35.0 Å². The minimum atomic E-state index is 0.672. The minimum Gasteiger partial charge on any atom is -0.255 e. The van der Waals surface area contributed by atoms with Crippen LogP contribution in [0.25, 0.3) is 0 Å². The van der Waals surface area contributed by atoms with E-state index in [1.165, 1.54) is 37.7 Å². The third kappa shape index (κ3) is 5.02. The lowest BCUT2D eigenvalue weighted by Crippen LogP contribution is -2.25. The summed E-state index contributed by atoms with van der Waals surface area (Å²) in [4.78, 5) is 4.69. The normalized spacial score (nSPS) is 16.2. The number of hydrogen-bond donors (Lipinski definition) is 1. The molecule has 1 aromatic carbocycles. The Kier molecular flexibility index (Phi) is 6.03. The molecule has 0 unspecified atom stereocenters. The molecule has 1 N–H and O–H groups in total. The Bertz CT molecular complexity index is 535. The number of thioether (sulfide) groups is 1. The fourth-order valence-corrected chi connectivity index (χ4v) is 5.20. The van der Waals surface area contributed by atoms with Gasteiger partial charge in [-0.15, -0.1) is 11.3 Å². The molecule has 2 aromatic rings. The van der Waals surface area contributed by atoms with Crippen molar-refractivity contribution in [2.24, 2.45) is 0 Å². The zero-order valence-electron chi connectivity index (χ0n) is 12.0. The van der Waals surface area contributed by atoms with Crippen LogP contribution in [0.15, 0.2) is 45.1 Å². The molecule has 0 saturated heterocycles. The molecule has 1 aliphatic carbocycles. The van der Waals surface area contributed by atoms with E-state index in [0.29, 0.717) is 6.04 Å². The van der Waals surface area contributed by atoms with E-state index in [-0.39, 0.29) is 0 Å². The number of rotatable bonds is 6. The lowest BCUT2D eigenvalue weighted by atomic mass is 9.96. The summed E-state index contributed by atoms with van der Waals surface area (Å²) in [5.41, 5.74) is 1.35. The molecule has 1 saturated carbocycles. The van der Waals surface area contributed by atoms with Gasteiger partial charge in [0.15, 0.2) is 4.34 Å². The molecule has 0 radical (unpaired) electrons. The summed E-state index contributed by atoms with van der Waals surface area (Å²) in [7, 11) is 0. The van der Waals surface area contributed by atoms with Crippen LogP contribution in [-0.4, -0.2) is 11.0 Å². The highest BCUT2D eigenvalue weighted by molar-refractivity contribution is 8.00. The molecule has 0 aliphatic heterocycles. The van der Waals surface area contributed by atoms with Gasteiger partial charge in [-0.3, -0.25) is 4.72 Å². The smallest absolute Gasteiger partial charge is 0.151 e. The van der Waals surface area contributed by atoms with Crippen molar-refractivity contribution in [1.29, 1.82) is 0 Å². The number of hydrogen-bond acceptors (Lipinski definition) is 5. The lowest BCUT2D eigenvalue weighted by Gasteiger charge is -2.21. The van der Waals surface area contributed by atoms with E-state index < -0.39 is 0 Å². The highest BCUT2D eigenvalue weighted by Gasteiger charge is 2.13. The van der Waals surface area contributed by atoms with Crippen molar-refractivity contribution in [3.63, 3.8) is 0 Å². The van der Waals surface area contributed by atoms with Crippen LogP contribution < -0.4 is 4.72 Å². The summed E-state index contributed by atoms with van der Waals surface area (Å²) in [6.07, 6.45) is 6.76. The largest absolute Gasteiger partial charge is 0.255 e. The maximum Gasteiger partial charge on any atom is 0.151 e. The molecule has 0 atom stereocenters. The average molecular weight is 337 g/mol. The van der Waals surface area contributed by atoms with Crippen LogP contribution in [0.1, 0.15) is 37.7 Å². The quantitative estimate of drug-likeness (QED) is 0.566. The molecule has 112 valence electrons. The first-order chi connectivity index (χ1) is 10.4. The minimum absolute atomic E-state index is 0.672. The molecule has 1 fully saturated rings. The third-order valence-electron chi connectivity index (χ3n) is 3.60. The van der Waals surface area contributed by atoms with Gasteiger partial charge in [-0.05, 0) is 30.4 Å². The van der Waals surface area contributed by atoms with Gasteiger partial charge in [0.2, 0.25) is 0 Å². The molecule has 1 aliphatic rings. The Morgan fingerprint density at radius 2 is 1.95 bits per heavy atom. The van der Waals surface area contributed by atoms with E-state index in [9.17, 15) is 0 Å². The van der Waals surface area contributed by atoms with Crippen LogP contribution in [-0.2, 0) is 5.75 Å². The molecule has 2 nitrogen and oxygen atoms in total. The Morgan fingerprint density at radius 3 is 2.76 bits per heavy atom. The van der Waals surface area contributed by atoms with Crippen molar-refractivity contribution in [3.05, 3.63) is 41.3 Å². The fraction of sp³-hybridized carbons (Fsp3) is 0.438. The maximum absolute atomic E-state index is 4.69. The van der Waals surface area contributed by atoms with Crippen molar-refractivity contribution >= 4 is 35.0 Å². The predicted octanol–water partition coefficient (Wildman–Crippen LogP) is 5.36. The summed E-state index contributed by atoms with van der Waals surface area (Å²) in [5.74, 6) is 0.995. The molecule has 21 heavy (non-hydrogen) atoms. The first-order valence-electron chi connectivity index (χ1n) is 7.45. The predicted molar refractivity (Wildman–Crippen MR) is 94.0 cm³/mol. The van der Waals surface area contributed by atoms with E-state index >= 15 is 0 Å². The lowest BCUT2D eigenvalue weighted by molar-refractivity contribution is 0.423. The number of thiazole rings is 1. The summed E-state index contributed by atoms with van der Waals surface area (Å²) in [6.45, 7) is 0. The van der Waals surface area contributed by atoms with Crippen molar-refractivity contribution in [2.75, 3.05) is 0 Å². The first-order valence-corrected chi connectivity index (χ1v) is 10.1. The van der Waals surface area contributed by atoms with Gasteiger partial charge in [-0.2, -0.15) is 0 Å². The number of aromatic nitrogens is 1. The topological polar surface area (TPSA) is 24.9 Å². The second-order valence-electron chi connectivity index (χ2n) is 5.28. The Labute approximate surface area is 139 Å². The maximum atomic E-state index is 4.69. The Morgan fingerprint density at radius 1 is 1.14 bits per heavy atom. The molecule has 3 rings (SSSR count). The fourth-order valence-electron chi connectivity index (χ4n) is 2.44. The third-order valence-corrected chi connectivity index (χ3v) is 6.71. The van der Waals surface area contributed by atoms with Gasteiger partial charge >= 0.3 is 0 Å². The first kappa shape index (κ1) is 15.4. The zero-order chi connectivity index (χ0) is 14.3. The van der Waals surface area contributed by atoms with Crippen LogP contribution in [0.4, 0.5) is 0 Å². The molecule has 1 heterocycles. The van der Waals surface area contributed by atoms with E-state index in [1.54, 1.807) is 23.3 Å². The van der Waals surface area contributed by atoms with Gasteiger partial charge in [-0.1, -0.05) is 61.4 Å². The van der Waals surface area contributed by atoms with Crippen LogP contribution in [0.3, 0.4) is 0 Å². The van der Waals surface area contributed by atoms with Crippen LogP contribution in [0.2, 0.25) is 0 Å². The molecule has 0 bridgehead atoms. The zero-order valence-corrected chi connectivity index (χ0v) is 14.4. The molecular weight excluding hydrogens is 316 g/mol. The van der Waals surface area contributed by atoms with Gasteiger partial charge in [0.05, 0.1) is 0 Å². The SMILES string of the molecule is c1ccc(CSc2nc(SNC3CCCCC3)cs2)cc1. The van der Waals surface area contributed by atoms with E-state index in [1.807, 2.05) is 11.8 Å². The number of benzene rings is 1. The van der Waals surface area contributed by atoms with Crippen molar-refractivity contribution in [2.45, 2.75) is 53.3 Å². The highest BCUT2D eigenvalue weighted by Crippen LogP contribution is 2.30. The molecule has 1 aromatic heterocycles. The Balaban J connectivity index is 1.45.